The van der Waals surface area contributed by atoms with Gasteiger partial charge < -0.3 is 10.6 Å². The van der Waals surface area contributed by atoms with Gasteiger partial charge in [-0.05, 0) is 0 Å². The molecule has 7 heavy (non-hydrogen) atoms. The highest BCUT2D eigenvalue weighted by molar-refractivity contribution is 5.68. The van der Waals surface area contributed by atoms with E-state index in [1.165, 1.54) is 0 Å². The Bertz CT molecular complexity index is 58.0. The molecule has 0 spiro atoms. The van der Waals surface area contributed by atoms with Gasteiger partial charge in [-0.1, -0.05) is 13.8 Å². The lowest BCUT2D eigenvalue weighted by Crippen LogP contribution is -2.03. The van der Waals surface area contributed by atoms with Crippen LogP contribution in [-0.4, -0.2) is 16.6 Å². The molecule has 0 aromatic carbocycles. The molecule has 0 rings (SSSR count). The van der Waals surface area contributed by atoms with E-state index < -0.39 is 5.97 Å². The van der Waals surface area contributed by atoms with Crippen LogP contribution in [0.25, 0.3) is 0 Å². The monoisotopic (exact) mass is 106 g/mol. The molecule has 0 unspecified atom stereocenters. The number of carboxylic acids is 1. The van der Waals surface area contributed by atoms with Gasteiger partial charge in [0.25, 0.3) is 0 Å². The first-order valence-electron chi connectivity index (χ1n) is 1.87. The van der Waals surface area contributed by atoms with E-state index in [4.69, 9.17) is 5.11 Å². The van der Waals surface area contributed by atoms with Gasteiger partial charge in [0.1, 0.15) is 0 Å². The van der Waals surface area contributed by atoms with Crippen molar-refractivity contribution in [1.82, 2.24) is 0 Å². The molecule has 0 atom stereocenters. The molecule has 0 aliphatic rings. The molecule has 0 bridgehead atoms. The summed E-state index contributed by atoms with van der Waals surface area (Å²) in [7, 11) is 0. The first-order valence-corrected chi connectivity index (χ1v) is 1.87. The molecule has 0 saturated carbocycles. The maximum atomic E-state index is 9.70. The van der Waals surface area contributed by atoms with E-state index in [0.29, 0.717) is 0 Å². The predicted molar refractivity (Wildman–Crippen MR) is 26.1 cm³/mol. The van der Waals surface area contributed by atoms with Crippen molar-refractivity contribution in [3.05, 3.63) is 0 Å². The predicted octanol–water partition coefficient (Wildman–Crippen LogP) is -0.0977. The topological polar surface area (TPSA) is 68.8 Å². The van der Waals surface area contributed by atoms with E-state index in [-0.39, 0.29) is 11.4 Å². The third kappa shape index (κ3) is 5.43. The average molecular weight is 106 g/mol. The molecule has 0 saturated heterocycles. The van der Waals surface area contributed by atoms with Crippen molar-refractivity contribution in [1.29, 1.82) is 0 Å². The molecular formula is C4H10O3. The van der Waals surface area contributed by atoms with E-state index in [2.05, 4.69) is 0 Å². The van der Waals surface area contributed by atoms with Gasteiger partial charge in [-0.25, -0.2) is 0 Å². The van der Waals surface area contributed by atoms with Crippen molar-refractivity contribution in [2.75, 3.05) is 0 Å². The van der Waals surface area contributed by atoms with Crippen LogP contribution in [0.5, 0.6) is 0 Å². The Hall–Kier alpha value is -0.570. The highest BCUT2D eigenvalue weighted by Gasteiger charge is 1.99. The van der Waals surface area contributed by atoms with Crippen LogP contribution >= 0.6 is 0 Å². The fraction of sp³-hybridized carbons (Fsp3) is 0.750. The molecule has 3 N–H and O–H groups in total. The number of hydrogen-bond acceptors (Lipinski definition) is 1. The molecule has 0 aliphatic carbocycles. The van der Waals surface area contributed by atoms with Gasteiger partial charge in [0, 0.05) is 0 Å². The van der Waals surface area contributed by atoms with Crippen molar-refractivity contribution < 1.29 is 15.4 Å². The fourth-order valence-corrected chi connectivity index (χ4v) is 0. The Morgan fingerprint density at radius 1 is 1.57 bits per heavy atom. The average Bonchev–Trinajstić information content (AvgIpc) is 1.36. The normalized spacial score (nSPS) is 7.86. The van der Waals surface area contributed by atoms with Gasteiger partial charge in [-0.15, -0.1) is 0 Å². The number of aliphatic carboxylic acids is 1. The molecule has 0 radical (unpaired) electrons. The highest BCUT2D eigenvalue weighted by atomic mass is 16.4. The summed E-state index contributed by atoms with van der Waals surface area (Å²) in [4.78, 5) is 9.70. The van der Waals surface area contributed by atoms with Crippen LogP contribution in [0.4, 0.5) is 0 Å². The Morgan fingerprint density at radius 2 is 1.71 bits per heavy atom. The second kappa shape index (κ2) is 3.61. The van der Waals surface area contributed by atoms with Crippen LogP contribution in [0.15, 0.2) is 0 Å². The summed E-state index contributed by atoms with van der Waals surface area (Å²) in [6.45, 7) is 3.28. The Kier molecular flexibility index (Phi) is 4.99. The van der Waals surface area contributed by atoms with Gasteiger partial charge in [0.05, 0.1) is 5.92 Å². The molecule has 44 valence electrons. The second-order valence-electron chi connectivity index (χ2n) is 1.49. The van der Waals surface area contributed by atoms with Crippen LogP contribution < -0.4 is 0 Å². The van der Waals surface area contributed by atoms with Crippen molar-refractivity contribution in [2.45, 2.75) is 13.8 Å². The van der Waals surface area contributed by atoms with Gasteiger partial charge >= 0.3 is 5.97 Å². The zero-order chi connectivity index (χ0) is 5.15. The van der Waals surface area contributed by atoms with E-state index in [0.717, 1.165) is 0 Å². The number of hydrogen-bond donors (Lipinski definition) is 1. The van der Waals surface area contributed by atoms with Crippen molar-refractivity contribution in [3.8, 4) is 0 Å². The van der Waals surface area contributed by atoms with Crippen LogP contribution in [0, 0.1) is 5.92 Å². The van der Waals surface area contributed by atoms with Crippen molar-refractivity contribution >= 4 is 5.97 Å². The lowest BCUT2D eigenvalue weighted by Gasteiger charge is -1.89. The minimum atomic E-state index is -0.741. The molecule has 0 heterocycles. The van der Waals surface area contributed by atoms with Crippen LogP contribution in [0.2, 0.25) is 0 Å². The van der Waals surface area contributed by atoms with Crippen LogP contribution in [-0.2, 0) is 4.79 Å². The van der Waals surface area contributed by atoms with Gasteiger partial charge in [0.15, 0.2) is 0 Å². The van der Waals surface area contributed by atoms with Gasteiger partial charge in [0.2, 0.25) is 0 Å². The van der Waals surface area contributed by atoms with E-state index in [1.54, 1.807) is 13.8 Å². The summed E-state index contributed by atoms with van der Waals surface area (Å²) in [5, 5.41) is 7.99. The minimum absolute atomic E-state index is 0. The maximum absolute atomic E-state index is 9.70. The summed E-state index contributed by atoms with van der Waals surface area (Å²) in [5.41, 5.74) is 0. The quantitative estimate of drug-likeness (QED) is 0.507. The molecular weight excluding hydrogens is 96.0 g/mol. The summed E-state index contributed by atoms with van der Waals surface area (Å²) in [6, 6.07) is 0. The summed E-state index contributed by atoms with van der Waals surface area (Å²) in [5.74, 6) is -0.972. The number of carbonyl (C=O) groups is 1. The molecule has 0 amide bonds. The third-order valence-corrected chi connectivity index (χ3v) is 0.494. The lowest BCUT2D eigenvalue weighted by atomic mass is 10.2. The lowest BCUT2D eigenvalue weighted by molar-refractivity contribution is -0.140. The Labute approximate surface area is 42.3 Å². The number of carboxylic acid groups (broad SMARTS) is 1. The van der Waals surface area contributed by atoms with Crippen LogP contribution in [0.3, 0.4) is 0 Å². The Balaban J connectivity index is 0. The molecule has 0 aromatic rings. The maximum Gasteiger partial charge on any atom is 0.305 e. The molecule has 3 nitrogen and oxygen atoms in total. The summed E-state index contributed by atoms with van der Waals surface area (Å²) in [6.07, 6.45) is 0. The molecule has 0 aliphatic heterocycles. The third-order valence-electron chi connectivity index (χ3n) is 0.494. The fourth-order valence-electron chi connectivity index (χ4n) is 0. The van der Waals surface area contributed by atoms with Gasteiger partial charge in [-0.3, -0.25) is 4.79 Å². The van der Waals surface area contributed by atoms with E-state index >= 15 is 0 Å². The smallest absolute Gasteiger partial charge is 0.305 e. The zero-order valence-corrected chi connectivity index (χ0v) is 4.43. The van der Waals surface area contributed by atoms with E-state index in [9.17, 15) is 4.79 Å². The SMILES string of the molecule is CC(C)C(=O)O.O. The highest BCUT2D eigenvalue weighted by Crippen LogP contribution is 1.87. The molecule has 0 aromatic heterocycles. The van der Waals surface area contributed by atoms with Gasteiger partial charge in [-0.2, -0.15) is 0 Å². The molecule has 3 heteroatoms. The summed E-state index contributed by atoms with van der Waals surface area (Å²) >= 11 is 0. The minimum Gasteiger partial charge on any atom is -0.481 e. The van der Waals surface area contributed by atoms with Crippen molar-refractivity contribution in [2.24, 2.45) is 5.92 Å². The Morgan fingerprint density at radius 3 is 1.71 bits per heavy atom. The first kappa shape index (κ1) is 9.66. The van der Waals surface area contributed by atoms with E-state index in [1.807, 2.05) is 0 Å². The van der Waals surface area contributed by atoms with Crippen molar-refractivity contribution in [3.63, 3.8) is 0 Å². The first-order chi connectivity index (χ1) is 2.64. The van der Waals surface area contributed by atoms with Crippen LogP contribution in [0.1, 0.15) is 13.8 Å². The summed E-state index contributed by atoms with van der Waals surface area (Å²) < 4.78 is 0. The largest absolute Gasteiger partial charge is 0.481 e. The molecule has 0 fully saturated rings. The standard InChI is InChI=1S/C4H8O2.H2O/c1-3(2)4(5)6;/h3H,1-2H3,(H,5,6);1H2. The zero-order valence-electron chi connectivity index (χ0n) is 4.43. The second-order valence-corrected chi connectivity index (χ2v) is 1.49. The number of rotatable bonds is 1.